The molecule has 3 rings (SSSR count). The molecule has 2 aromatic heterocycles. The Labute approximate surface area is 139 Å². The molecule has 0 saturated carbocycles. The summed E-state index contributed by atoms with van der Waals surface area (Å²) in [6, 6.07) is 11.6. The first-order valence-corrected chi connectivity index (χ1v) is 8.79. The molecule has 0 aliphatic rings. The summed E-state index contributed by atoms with van der Waals surface area (Å²) in [7, 11) is 1.76. The van der Waals surface area contributed by atoms with Gasteiger partial charge in [-0.1, -0.05) is 18.2 Å². The molecule has 0 fully saturated rings. The fourth-order valence-electron chi connectivity index (χ4n) is 2.61. The van der Waals surface area contributed by atoms with Crippen LogP contribution >= 0.6 is 11.8 Å². The standard InChI is InChI=1S/C18H19NO3S/c1-12-8-9-13(21-12)10-19(2)18(20)17-15(11-23-3)14-6-4-5-7-16(14)22-17/h4-9H,10-11H2,1-3H3. The van der Waals surface area contributed by atoms with Crippen molar-refractivity contribution in [2.75, 3.05) is 13.3 Å². The third-order valence-corrected chi connectivity index (χ3v) is 4.29. The Morgan fingerprint density at radius 2 is 1.96 bits per heavy atom. The average Bonchev–Trinajstić information content (AvgIpc) is 3.11. The van der Waals surface area contributed by atoms with Crippen molar-refractivity contribution in [1.82, 2.24) is 4.90 Å². The molecule has 0 spiro atoms. The first kappa shape index (κ1) is 15.7. The van der Waals surface area contributed by atoms with E-state index in [1.807, 2.05) is 49.6 Å². The molecule has 0 N–H and O–H groups in total. The Kier molecular flexibility index (Phi) is 4.48. The molecule has 23 heavy (non-hydrogen) atoms. The van der Waals surface area contributed by atoms with Crippen LogP contribution in [0.25, 0.3) is 11.0 Å². The lowest BCUT2D eigenvalue weighted by Gasteiger charge is -2.15. The number of thioether (sulfide) groups is 1. The van der Waals surface area contributed by atoms with Gasteiger partial charge in [0.25, 0.3) is 5.91 Å². The van der Waals surface area contributed by atoms with Gasteiger partial charge in [-0.15, -0.1) is 0 Å². The Morgan fingerprint density at radius 3 is 2.65 bits per heavy atom. The number of benzene rings is 1. The Morgan fingerprint density at radius 1 is 1.17 bits per heavy atom. The van der Waals surface area contributed by atoms with Crippen molar-refractivity contribution >= 4 is 28.6 Å². The molecule has 2 heterocycles. The molecule has 0 atom stereocenters. The van der Waals surface area contributed by atoms with Crippen molar-refractivity contribution in [2.24, 2.45) is 0 Å². The predicted molar refractivity (Wildman–Crippen MR) is 92.7 cm³/mol. The largest absolute Gasteiger partial charge is 0.464 e. The zero-order valence-electron chi connectivity index (χ0n) is 13.5. The molecule has 1 aromatic carbocycles. The second kappa shape index (κ2) is 6.54. The minimum atomic E-state index is -0.126. The van der Waals surface area contributed by atoms with Gasteiger partial charge in [0.05, 0.1) is 6.54 Å². The number of hydrogen-bond donors (Lipinski definition) is 0. The molecule has 0 unspecified atom stereocenters. The van der Waals surface area contributed by atoms with Crippen LogP contribution in [0.15, 0.2) is 45.2 Å². The van der Waals surface area contributed by atoms with E-state index in [4.69, 9.17) is 8.83 Å². The maximum atomic E-state index is 12.8. The second-order valence-electron chi connectivity index (χ2n) is 5.51. The first-order valence-electron chi connectivity index (χ1n) is 7.40. The molecule has 0 radical (unpaired) electrons. The van der Waals surface area contributed by atoms with Gasteiger partial charge in [-0.25, -0.2) is 0 Å². The van der Waals surface area contributed by atoms with Crippen LogP contribution < -0.4 is 0 Å². The van der Waals surface area contributed by atoms with Gasteiger partial charge in [0.15, 0.2) is 5.76 Å². The van der Waals surface area contributed by atoms with E-state index >= 15 is 0 Å². The monoisotopic (exact) mass is 329 g/mol. The van der Waals surface area contributed by atoms with Crippen molar-refractivity contribution in [3.8, 4) is 0 Å². The maximum Gasteiger partial charge on any atom is 0.290 e. The zero-order chi connectivity index (χ0) is 16.4. The van der Waals surface area contributed by atoms with Gasteiger partial charge in [-0.2, -0.15) is 11.8 Å². The number of para-hydroxylation sites is 1. The summed E-state index contributed by atoms with van der Waals surface area (Å²) in [5.41, 5.74) is 1.71. The quantitative estimate of drug-likeness (QED) is 0.693. The summed E-state index contributed by atoms with van der Waals surface area (Å²) >= 11 is 1.68. The highest BCUT2D eigenvalue weighted by molar-refractivity contribution is 7.97. The summed E-state index contributed by atoms with van der Waals surface area (Å²) in [4.78, 5) is 14.4. The van der Waals surface area contributed by atoms with Gasteiger partial charge in [-0.05, 0) is 31.4 Å². The highest BCUT2D eigenvalue weighted by atomic mass is 32.2. The van der Waals surface area contributed by atoms with Crippen LogP contribution in [0.5, 0.6) is 0 Å². The minimum Gasteiger partial charge on any atom is -0.464 e. The number of carbonyl (C=O) groups is 1. The lowest BCUT2D eigenvalue weighted by molar-refractivity contribution is 0.0744. The van der Waals surface area contributed by atoms with E-state index in [-0.39, 0.29) is 5.91 Å². The van der Waals surface area contributed by atoms with E-state index in [0.29, 0.717) is 12.3 Å². The van der Waals surface area contributed by atoms with E-state index in [2.05, 4.69) is 0 Å². The number of nitrogens with zero attached hydrogens (tertiary/aromatic N) is 1. The number of rotatable bonds is 5. The topological polar surface area (TPSA) is 46.6 Å². The van der Waals surface area contributed by atoms with E-state index in [1.54, 1.807) is 23.7 Å². The molecule has 4 nitrogen and oxygen atoms in total. The van der Waals surface area contributed by atoms with Crippen molar-refractivity contribution in [3.63, 3.8) is 0 Å². The third kappa shape index (κ3) is 3.15. The van der Waals surface area contributed by atoms with Crippen molar-refractivity contribution in [3.05, 3.63) is 59.2 Å². The van der Waals surface area contributed by atoms with Crippen molar-refractivity contribution in [1.29, 1.82) is 0 Å². The van der Waals surface area contributed by atoms with E-state index < -0.39 is 0 Å². The molecule has 0 aliphatic carbocycles. The third-order valence-electron chi connectivity index (χ3n) is 3.72. The fourth-order valence-corrected chi connectivity index (χ4v) is 3.18. The van der Waals surface area contributed by atoms with Gasteiger partial charge in [0.1, 0.15) is 17.1 Å². The normalized spacial score (nSPS) is 11.1. The van der Waals surface area contributed by atoms with E-state index in [9.17, 15) is 4.79 Å². The van der Waals surface area contributed by atoms with E-state index in [0.717, 1.165) is 33.8 Å². The van der Waals surface area contributed by atoms with Crippen molar-refractivity contribution < 1.29 is 13.6 Å². The molecule has 3 aromatic rings. The SMILES string of the molecule is CSCc1c(C(=O)N(C)Cc2ccc(C)o2)oc2ccccc12. The minimum absolute atomic E-state index is 0.126. The molecule has 120 valence electrons. The number of amides is 1. The van der Waals surface area contributed by atoms with Crippen molar-refractivity contribution in [2.45, 2.75) is 19.2 Å². The molecule has 5 heteroatoms. The number of aryl methyl sites for hydroxylation is 1. The van der Waals surface area contributed by atoms with Gasteiger partial charge in [0.2, 0.25) is 0 Å². The molecule has 0 aliphatic heterocycles. The molecule has 1 amide bonds. The summed E-state index contributed by atoms with van der Waals surface area (Å²) in [5, 5.41) is 1.01. The molecule has 0 saturated heterocycles. The van der Waals surface area contributed by atoms with Crippen LogP contribution in [0.2, 0.25) is 0 Å². The van der Waals surface area contributed by atoms with Crippen LogP contribution in [0.4, 0.5) is 0 Å². The van der Waals surface area contributed by atoms with Gasteiger partial charge in [0, 0.05) is 23.8 Å². The summed E-state index contributed by atoms with van der Waals surface area (Å²) in [6.45, 7) is 2.31. The van der Waals surface area contributed by atoms with Crippen LogP contribution in [0.3, 0.4) is 0 Å². The number of furan rings is 2. The fraction of sp³-hybridized carbons (Fsp3) is 0.278. The second-order valence-corrected chi connectivity index (χ2v) is 6.38. The highest BCUT2D eigenvalue weighted by Crippen LogP contribution is 2.29. The molecule has 0 bridgehead atoms. The number of carbonyl (C=O) groups excluding carboxylic acids is 1. The Balaban J connectivity index is 1.91. The Hall–Kier alpha value is -2.14. The smallest absolute Gasteiger partial charge is 0.290 e. The van der Waals surface area contributed by atoms with Crippen LogP contribution in [-0.4, -0.2) is 24.1 Å². The Bertz CT molecular complexity index is 834. The zero-order valence-corrected chi connectivity index (χ0v) is 14.3. The number of fused-ring (bicyclic) bond motifs is 1. The average molecular weight is 329 g/mol. The predicted octanol–water partition coefficient (Wildman–Crippen LogP) is 4.47. The van der Waals surface area contributed by atoms with Crippen LogP contribution in [0, 0.1) is 6.92 Å². The van der Waals surface area contributed by atoms with E-state index in [1.165, 1.54) is 0 Å². The lowest BCUT2D eigenvalue weighted by Crippen LogP contribution is -2.26. The van der Waals surface area contributed by atoms with Crippen LogP contribution in [-0.2, 0) is 12.3 Å². The molecular formula is C18H19NO3S. The maximum absolute atomic E-state index is 12.8. The summed E-state index contributed by atoms with van der Waals surface area (Å²) < 4.78 is 11.4. The van der Waals surface area contributed by atoms with Gasteiger partial charge < -0.3 is 13.7 Å². The lowest BCUT2D eigenvalue weighted by atomic mass is 10.1. The summed E-state index contributed by atoms with van der Waals surface area (Å²) in [5.74, 6) is 2.64. The number of hydrogen-bond acceptors (Lipinski definition) is 4. The highest BCUT2D eigenvalue weighted by Gasteiger charge is 2.23. The summed E-state index contributed by atoms with van der Waals surface area (Å²) in [6.07, 6.45) is 2.02. The van der Waals surface area contributed by atoms with Gasteiger partial charge in [-0.3, -0.25) is 4.79 Å². The molecular weight excluding hydrogens is 310 g/mol. The van der Waals surface area contributed by atoms with Gasteiger partial charge >= 0.3 is 0 Å². The van der Waals surface area contributed by atoms with Crippen LogP contribution in [0.1, 0.15) is 27.6 Å². The first-order chi connectivity index (χ1) is 11.1.